The Labute approximate surface area is 216 Å². The van der Waals surface area contributed by atoms with Gasteiger partial charge in [0.25, 0.3) is 11.6 Å². The molecule has 1 amide bonds. The van der Waals surface area contributed by atoms with Crippen LogP contribution in [0, 0.1) is 17.0 Å². The van der Waals surface area contributed by atoms with E-state index in [-0.39, 0.29) is 11.4 Å². The fraction of sp³-hybridized carbons (Fsp3) is 0.0714. The number of nitrogens with zero attached hydrogens (tertiary/aromatic N) is 2. The van der Waals surface area contributed by atoms with Gasteiger partial charge in [-0.25, -0.2) is 4.98 Å². The standard InChI is InChI=1S/C28H22N4O4S/c1-16-8-10-18(11-9-16)22-15-20(17-6-4-3-5-7-17)24-25(29)26(37-28(24)31-22)27(33)30-21-13-12-19(32(34)35)14-23(21)36-2/h3-15H,29H2,1-2H3,(H,30,33). The fourth-order valence-electron chi connectivity index (χ4n) is 4.08. The second-order valence-electron chi connectivity index (χ2n) is 8.41. The van der Waals surface area contributed by atoms with Crippen LogP contribution < -0.4 is 15.8 Å². The van der Waals surface area contributed by atoms with Gasteiger partial charge in [-0.1, -0.05) is 60.2 Å². The predicted octanol–water partition coefficient (Wildman–Crippen LogP) is 6.69. The lowest BCUT2D eigenvalue weighted by atomic mass is 9.99. The molecule has 2 aromatic heterocycles. The molecular formula is C28H22N4O4S. The molecule has 3 aromatic carbocycles. The van der Waals surface area contributed by atoms with Crippen molar-refractivity contribution in [2.45, 2.75) is 6.92 Å². The average molecular weight is 511 g/mol. The van der Waals surface area contributed by atoms with E-state index in [4.69, 9.17) is 15.5 Å². The number of amides is 1. The van der Waals surface area contributed by atoms with Crippen molar-refractivity contribution in [3.8, 4) is 28.1 Å². The number of benzene rings is 3. The van der Waals surface area contributed by atoms with Crippen molar-refractivity contribution in [1.29, 1.82) is 0 Å². The summed E-state index contributed by atoms with van der Waals surface area (Å²) >= 11 is 1.20. The first-order chi connectivity index (χ1) is 17.9. The zero-order valence-electron chi connectivity index (χ0n) is 20.0. The van der Waals surface area contributed by atoms with Gasteiger partial charge in [0.1, 0.15) is 15.5 Å². The third-order valence-electron chi connectivity index (χ3n) is 5.98. The van der Waals surface area contributed by atoms with Gasteiger partial charge in [0.05, 0.1) is 35.2 Å². The van der Waals surface area contributed by atoms with Crippen LogP contribution in [-0.2, 0) is 0 Å². The molecule has 0 bridgehead atoms. The predicted molar refractivity (Wildman–Crippen MR) is 147 cm³/mol. The van der Waals surface area contributed by atoms with Crippen LogP contribution in [0.1, 0.15) is 15.2 Å². The summed E-state index contributed by atoms with van der Waals surface area (Å²) in [7, 11) is 1.38. The van der Waals surface area contributed by atoms with E-state index < -0.39 is 10.8 Å². The number of nitrogen functional groups attached to an aromatic ring is 1. The van der Waals surface area contributed by atoms with E-state index >= 15 is 0 Å². The van der Waals surface area contributed by atoms with Gasteiger partial charge >= 0.3 is 0 Å². The first-order valence-corrected chi connectivity index (χ1v) is 12.2. The smallest absolute Gasteiger partial charge is 0.273 e. The monoisotopic (exact) mass is 510 g/mol. The third kappa shape index (κ3) is 4.60. The van der Waals surface area contributed by atoms with Crippen molar-refractivity contribution >= 4 is 44.5 Å². The Kier molecular flexibility index (Phi) is 6.29. The Morgan fingerprint density at radius 2 is 1.76 bits per heavy atom. The second-order valence-corrected chi connectivity index (χ2v) is 9.41. The highest BCUT2D eigenvalue weighted by molar-refractivity contribution is 7.21. The number of carbonyl (C=O) groups excluding carboxylic acids is 1. The fourth-order valence-corrected chi connectivity index (χ4v) is 5.10. The number of nitrogens with two attached hydrogens (primary N) is 1. The lowest BCUT2D eigenvalue weighted by Crippen LogP contribution is -2.13. The molecule has 0 saturated carbocycles. The molecule has 0 saturated heterocycles. The number of rotatable bonds is 6. The van der Waals surface area contributed by atoms with Crippen LogP contribution in [0.3, 0.4) is 0 Å². The Morgan fingerprint density at radius 1 is 1.03 bits per heavy atom. The van der Waals surface area contributed by atoms with Crippen LogP contribution in [0.5, 0.6) is 5.75 Å². The molecule has 0 aliphatic carbocycles. The molecule has 8 nitrogen and oxygen atoms in total. The van der Waals surface area contributed by atoms with E-state index in [1.165, 1.54) is 36.6 Å². The zero-order chi connectivity index (χ0) is 26.1. The number of aryl methyl sites for hydroxylation is 1. The summed E-state index contributed by atoms with van der Waals surface area (Å²) in [6, 6.07) is 23.9. The van der Waals surface area contributed by atoms with Gasteiger partial charge in [-0.3, -0.25) is 14.9 Å². The Balaban J connectivity index is 1.62. The number of thiophene rings is 1. The highest BCUT2D eigenvalue weighted by Crippen LogP contribution is 2.42. The highest BCUT2D eigenvalue weighted by atomic mass is 32.1. The van der Waals surface area contributed by atoms with Crippen molar-refractivity contribution in [2.75, 3.05) is 18.2 Å². The molecule has 0 atom stereocenters. The maximum absolute atomic E-state index is 13.3. The summed E-state index contributed by atoms with van der Waals surface area (Å²) in [4.78, 5) is 29.7. The van der Waals surface area contributed by atoms with E-state index in [1.807, 2.05) is 67.6 Å². The number of hydrogen-bond donors (Lipinski definition) is 2. The van der Waals surface area contributed by atoms with E-state index in [2.05, 4.69) is 5.32 Å². The van der Waals surface area contributed by atoms with Crippen LogP contribution in [0.4, 0.5) is 17.1 Å². The number of hydrogen-bond acceptors (Lipinski definition) is 7. The molecule has 184 valence electrons. The van der Waals surface area contributed by atoms with Gasteiger partial charge in [-0.05, 0) is 30.2 Å². The molecule has 0 fully saturated rings. The van der Waals surface area contributed by atoms with Crippen LogP contribution >= 0.6 is 11.3 Å². The van der Waals surface area contributed by atoms with Gasteiger partial charge in [0, 0.05) is 17.0 Å². The van der Waals surface area contributed by atoms with Crippen LogP contribution in [0.15, 0.2) is 78.9 Å². The molecule has 3 N–H and O–H groups in total. The molecule has 0 unspecified atom stereocenters. The topological polar surface area (TPSA) is 120 Å². The van der Waals surface area contributed by atoms with E-state index in [1.54, 1.807) is 0 Å². The quantitative estimate of drug-likeness (QED) is 0.194. The summed E-state index contributed by atoms with van der Waals surface area (Å²) in [6.07, 6.45) is 0. The van der Waals surface area contributed by atoms with Crippen molar-refractivity contribution < 1.29 is 14.5 Å². The number of pyridine rings is 1. The first-order valence-electron chi connectivity index (χ1n) is 11.3. The van der Waals surface area contributed by atoms with Crippen LogP contribution in [-0.4, -0.2) is 22.9 Å². The number of aromatic nitrogens is 1. The lowest BCUT2D eigenvalue weighted by Gasteiger charge is -2.10. The van der Waals surface area contributed by atoms with E-state index in [0.29, 0.717) is 26.5 Å². The average Bonchev–Trinajstić information content (AvgIpc) is 3.25. The van der Waals surface area contributed by atoms with Crippen molar-refractivity contribution in [2.24, 2.45) is 0 Å². The zero-order valence-corrected chi connectivity index (χ0v) is 20.8. The lowest BCUT2D eigenvalue weighted by molar-refractivity contribution is -0.384. The number of anilines is 2. The number of ether oxygens (including phenoxy) is 1. The summed E-state index contributed by atoms with van der Waals surface area (Å²) in [5, 5.41) is 14.6. The number of methoxy groups -OCH3 is 1. The maximum atomic E-state index is 13.3. The van der Waals surface area contributed by atoms with E-state index in [0.717, 1.165) is 27.9 Å². The molecular weight excluding hydrogens is 488 g/mol. The Bertz CT molecular complexity index is 1650. The minimum atomic E-state index is -0.527. The van der Waals surface area contributed by atoms with Crippen LogP contribution in [0.25, 0.3) is 32.6 Å². The van der Waals surface area contributed by atoms with Gasteiger partial charge in [-0.15, -0.1) is 11.3 Å². The number of non-ortho nitro benzene ring substituents is 1. The highest BCUT2D eigenvalue weighted by Gasteiger charge is 2.23. The van der Waals surface area contributed by atoms with Gasteiger partial charge in [0.2, 0.25) is 0 Å². The summed E-state index contributed by atoms with van der Waals surface area (Å²) in [5.74, 6) is -0.282. The third-order valence-corrected chi connectivity index (χ3v) is 7.08. The van der Waals surface area contributed by atoms with Gasteiger partial charge in [0.15, 0.2) is 0 Å². The van der Waals surface area contributed by atoms with Crippen molar-refractivity contribution in [3.63, 3.8) is 0 Å². The molecule has 0 radical (unpaired) electrons. The summed E-state index contributed by atoms with van der Waals surface area (Å²) in [6.45, 7) is 2.03. The Hall–Kier alpha value is -4.76. The number of nitro benzene ring substituents is 1. The Morgan fingerprint density at radius 3 is 2.43 bits per heavy atom. The first kappa shape index (κ1) is 24.0. The maximum Gasteiger partial charge on any atom is 0.273 e. The van der Waals surface area contributed by atoms with Crippen molar-refractivity contribution in [3.05, 3.63) is 99.4 Å². The van der Waals surface area contributed by atoms with Gasteiger partial charge in [-0.2, -0.15) is 0 Å². The molecule has 5 aromatic rings. The number of nitro groups is 1. The number of fused-ring (bicyclic) bond motifs is 1. The minimum absolute atomic E-state index is 0.142. The molecule has 0 aliphatic rings. The van der Waals surface area contributed by atoms with Gasteiger partial charge < -0.3 is 15.8 Å². The molecule has 0 spiro atoms. The minimum Gasteiger partial charge on any atom is -0.494 e. The molecule has 0 aliphatic heterocycles. The molecule has 9 heteroatoms. The summed E-state index contributed by atoms with van der Waals surface area (Å²) < 4.78 is 5.25. The number of carbonyl (C=O) groups is 1. The second kappa shape index (κ2) is 9.71. The van der Waals surface area contributed by atoms with Crippen molar-refractivity contribution in [1.82, 2.24) is 4.98 Å². The van der Waals surface area contributed by atoms with E-state index in [9.17, 15) is 14.9 Å². The van der Waals surface area contributed by atoms with Crippen LogP contribution in [0.2, 0.25) is 0 Å². The SMILES string of the molecule is COc1cc([N+](=O)[O-])ccc1NC(=O)c1sc2nc(-c3ccc(C)cc3)cc(-c3ccccc3)c2c1N. The number of nitrogens with one attached hydrogen (secondary N) is 1. The molecule has 37 heavy (non-hydrogen) atoms. The molecule has 5 rings (SSSR count). The normalized spacial score (nSPS) is 10.9. The largest absolute Gasteiger partial charge is 0.494 e. The molecule has 2 heterocycles. The summed E-state index contributed by atoms with van der Waals surface area (Å²) in [5.41, 5.74) is 11.7.